The third-order valence-corrected chi connectivity index (χ3v) is 6.33. The molecule has 4 rings (SSSR count). The number of benzene rings is 1. The molecule has 0 spiro atoms. The van der Waals surface area contributed by atoms with Crippen LogP contribution in [0.4, 0.5) is 0 Å². The molecule has 1 aromatic carbocycles. The van der Waals surface area contributed by atoms with E-state index >= 15 is 0 Å². The molecule has 1 N–H and O–H groups in total. The summed E-state index contributed by atoms with van der Waals surface area (Å²) in [5.74, 6) is 0.880. The summed E-state index contributed by atoms with van der Waals surface area (Å²) >= 11 is 0. The van der Waals surface area contributed by atoms with Crippen molar-refractivity contribution in [3.63, 3.8) is 0 Å². The van der Waals surface area contributed by atoms with Crippen molar-refractivity contribution >= 4 is 0 Å². The fraction of sp³-hybridized carbons (Fsp3) is 0.565. The van der Waals surface area contributed by atoms with Gasteiger partial charge in [0.05, 0.1) is 19.4 Å². The second kappa shape index (κ2) is 7.67. The van der Waals surface area contributed by atoms with Gasteiger partial charge in [-0.2, -0.15) is 5.10 Å². The summed E-state index contributed by atoms with van der Waals surface area (Å²) in [6, 6.07) is 10.2. The maximum absolute atomic E-state index is 12.2. The Hall–Kier alpha value is -2.02. The van der Waals surface area contributed by atoms with Gasteiger partial charge in [-0.25, -0.2) is 0 Å². The lowest BCUT2D eigenvalue weighted by Gasteiger charge is -2.55. The number of hydrogen-bond donors (Lipinski definition) is 1. The van der Waals surface area contributed by atoms with Gasteiger partial charge in [-0.05, 0) is 24.1 Å². The summed E-state index contributed by atoms with van der Waals surface area (Å²) in [6.07, 6.45) is 2.50. The first-order valence-corrected chi connectivity index (χ1v) is 10.4. The maximum Gasteiger partial charge on any atom is 0.234 e. The lowest BCUT2D eigenvalue weighted by atomic mass is 9.62. The van der Waals surface area contributed by atoms with E-state index in [1.54, 1.807) is 6.20 Å². The third-order valence-electron chi connectivity index (χ3n) is 6.33. The van der Waals surface area contributed by atoms with Crippen LogP contribution < -0.4 is 4.74 Å². The Morgan fingerprint density at radius 3 is 2.55 bits per heavy atom. The zero-order chi connectivity index (χ0) is 20.6. The SMILES string of the molecule is CC(C)c1ccc([C@](O)(c2cnnc(O[C@H]3CCOC3)c2)C2(C)CN(C)C2)cc1. The van der Waals surface area contributed by atoms with Crippen LogP contribution in [0.1, 0.15) is 49.8 Å². The molecule has 0 amide bonds. The number of hydrogen-bond acceptors (Lipinski definition) is 6. The molecule has 2 atom stereocenters. The minimum absolute atomic E-state index is 0.0107. The molecule has 2 saturated heterocycles. The number of nitrogens with zero attached hydrogens (tertiary/aromatic N) is 3. The van der Waals surface area contributed by atoms with Gasteiger partial charge in [-0.15, -0.1) is 5.10 Å². The van der Waals surface area contributed by atoms with Crippen LogP contribution in [-0.2, 0) is 10.3 Å². The first-order chi connectivity index (χ1) is 13.8. The fourth-order valence-corrected chi connectivity index (χ4v) is 4.73. The van der Waals surface area contributed by atoms with Gasteiger partial charge in [0.25, 0.3) is 0 Å². The number of likely N-dealkylation sites (tertiary alicyclic amines) is 1. The highest BCUT2D eigenvalue weighted by Gasteiger charge is 2.55. The topological polar surface area (TPSA) is 67.7 Å². The van der Waals surface area contributed by atoms with Crippen molar-refractivity contribution in [3.05, 3.63) is 53.2 Å². The smallest absolute Gasteiger partial charge is 0.234 e. The van der Waals surface area contributed by atoms with Crippen molar-refractivity contribution < 1.29 is 14.6 Å². The van der Waals surface area contributed by atoms with Crippen LogP contribution in [0.25, 0.3) is 0 Å². The van der Waals surface area contributed by atoms with Crippen molar-refractivity contribution in [3.8, 4) is 5.88 Å². The van der Waals surface area contributed by atoms with Crippen LogP contribution in [0.3, 0.4) is 0 Å². The molecule has 0 radical (unpaired) electrons. The van der Waals surface area contributed by atoms with Gasteiger partial charge in [-0.1, -0.05) is 45.0 Å². The molecule has 6 heteroatoms. The number of ether oxygens (including phenoxy) is 2. The largest absolute Gasteiger partial charge is 0.471 e. The Labute approximate surface area is 172 Å². The number of rotatable bonds is 6. The summed E-state index contributed by atoms with van der Waals surface area (Å²) in [5.41, 5.74) is 1.33. The van der Waals surface area contributed by atoms with E-state index in [-0.39, 0.29) is 11.5 Å². The van der Waals surface area contributed by atoms with E-state index in [1.165, 1.54) is 5.56 Å². The minimum Gasteiger partial charge on any atom is -0.471 e. The van der Waals surface area contributed by atoms with E-state index in [0.29, 0.717) is 30.6 Å². The molecule has 29 heavy (non-hydrogen) atoms. The van der Waals surface area contributed by atoms with Crippen LogP contribution >= 0.6 is 0 Å². The highest BCUT2D eigenvalue weighted by molar-refractivity contribution is 5.41. The Bertz CT molecular complexity index is 843. The molecular weight excluding hydrogens is 366 g/mol. The van der Waals surface area contributed by atoms with E-state index in [9.17, 15) is 5.11 Å². The second-order valence-electron chi connectivity index (χ2n) is 9.11. The summed E-state index contributed by atoms with van der Waals surface area (Å²) in [4.78, 5) is 2.22. The third kappa shape index (κ3) is 3.65. The highest BCUT2D eigenvalue weighted by Crippen LogP contribution is 2.50. The summed E-state index contributed by atoms with van der Waals surface area (Å²) in [7, 11) is 2.07. The van der Waals surface area contributed by atoms with E-state index < -0.39 is 5.60 Å². The van der Waals surface area contributed by atoms with Gasteiger partial charge < -0.3 is 19.5 Å². The zero-order valence-corrected chi connectivity index (χ0v) is 17.8. The Morgan fingerprint density at radius 2 is 1.97 bits per heavy atom. The molecule has 0 unspecified atom stereocenters. The summed E-state index contributed by atoms with van der Waals surface area (Å²) in [5, 5.41) is 20.5. The zero-order valence-electron chi connectivity index (χ0n) is 17.8. The maximum atomic E-state index is 12.2. The normalized spacial score (nSPS) is 23.6. The Balaban J connectivity index is 1.73. The fourth-order valence-electron chi connectivity index (χ4n) is 4.73. The molecule has 1 aromatic heterocycles. The average Bonchev–Trinajstić information content (AvgIpc) is 3.19. The molecule has 0 saturated carbocycles. The van der Waals surface area contributed by atoms with Gasteiger partial charge in [0, 0.05) is 36.6 Å². The van der Waals surface area contributed by atoms with E-state index in [2.05, 4.69) is 55.0 Å². The van der Waals surface area contributed by atoms with Gasteiger partial charge in [0.1, 0.15) is 11.7 Å². The molecule has 2 fully saturated rings. The van der Waals surface area contributed by atoms with Gasteiger partial charge in [0.2, 0.25) is 5.88 Å². The van der Waals surface area contributed by atoms with Crippen molar-refractivity contribution in [2.24, 2.45) is 5.41 Å². The lowest BCUT2D eigenvalue weighted by molar-refractivity contribution is -0.127. The monoisotopic (exact) mass is 397 g/mol. The first kappa shape index (κ1) is 20.3. The van der Waals surface area contributed by atoms with Crippen LogP contribution in [-0.4, -0.2) is 59.7 Å². The van der Waals surface area contributed by atoms with Crippen LogP contribution in [0, 0.1) is 5.41 Å². The Morgan fingerprint density at radius 1 is 1.24 bits per heavy atom. The molecule has 2 aliphatic rings. The molecule has 156 valence electrons. The second-order valence-corrected chi connectivity index (χ2v) is 9.11. The van der Waals surface area contributed by atoms with Crippen molar-refractivity contribution in [2.45, 2.75) is 44.8 Å². The molecule has 0 bridgehead atoms. The molecule has 3 heterocycles. The van der Waals surface area contributed by atoms with Crippen LogP contribution in [0.15, 0.2) is 36.5 Å². The summed E-state index contributed by atoms with van der Waals surface area (Å²) in [6.45, 7) is 9.34. The molecule has 2 aromatic rings. The molecule has 2 aliphatic heterocycles. The minimum atomic E-state index is -1.19. The lowest BCUT2D eigenvalue weighted by Crippen LogP contribution is -2.63. The van der Waals surface area contributed by atoms with Gasteiger partial charge in [0.15, 0.2) is 0 Å². The summed E-state index contributed by atoms with van der Waals surface area (Å²) < 4.78 is 11.4. The standard InChI is InChI=1S/C23H31N3O3/c1-16(2)17-5-7-18(8-6-17)23(27,22(3)14-26(4)15-22)19-11-21(25-24-12-19)29-20-9-10-28-13-20/h5-8,11-12,16,20,27H,9-10,13-15H2,1-4H3/t20-,23-/m0/s1. The van der Waals surface area contributed by atoms with E-state index in [4.69, 9.17) is 9.47 Å². The molecule has 0 aliphatic carbocycles. The average molecular weight is 398 g/mol. The molecular formula is C23H31N3O3. The van der Waals surface area contributed by atoms with Gasteiger partial charge >= 0.3 is 0 Å². The predicted molar refractivity (Wildman–Crippen MR) is 111 cm³/mol. The first-order valence-electron chi connectivity index (χ1n) is 10.4. The van der Waals surface area contributed by atoms with Crippen molar-refractivity contribution in [1.82, 2.24) is 15.1 Å². The van der Waals surface area contributed by atoms with Crippen molar-refractivity contribution in [1.29, 1.82) is 0 Å². The van der Waals surface area contributed by atoms with E-state index in [1.807, 2.05) is 18.2 Å². The van der Waals surface area contributed by atoms with Crippen LogP contribution in [0.5, 0.6) is 5.88 Å². The van der Waals surface area contributed by atoms with Crippen LogP contribution in [0.2, 0.25) is 0 Å². The predicted octanol–water partition coefficient (Wildman–Crippen LogP) is 2.96. The quantitative estimate of drug-likeness (QED) is 0.808. The molecule has 6 nitrogen and oxygen atoms in total. The van der Waals surface area contributed by atoms with Gasteiger partial charge in [-0.3, -0.25) is 0 Å². The highest BCUT2D eigenvalue weighted by atomic mass is 16.5. The van der Waals surface area contributed by atoms with E-state index in [0.717, 1.165) is 25.1 Å². The Kier molecular flexibility index (Phi) is 5.36. The van der Waals surface area contributed by atoms with Crippen molar-refractivity contribution in [2.75, 3.05) is 33.4 Å². The number of aliphatic hydroxyl groups is 1. The number of aromatic nitrogens is 2.